The summed E-state index contributed by atoms with van der Waals surface area (Å²) in [5.41, 5.74) is -0.725. The Hall–Kier alpha value is -2.66. The fourth-order valence-corrected chi connectivity index (χ4v) is 4.27. The maximum atomic E-state index is 13.3. The summed E-state index contributed by atoms with van der Waals surface area (Å²) < 4.78 is 69.1. The maximum Gasteiger partial charge on any atom is 0.417 e. The molecule has 1 aromatic heterocycles. The molecule has 2 aromatic carbocycles. The number of anilines is 1. The lowest BCUT2D eigenvalue weighted by Crippen LogP contribution is -2.19. The first-order valence-corrected chi connectivity index (χ1v) is 10.3. The van der Waals surface area contributed by atoms with E-state index in [9.17, 15) is 21.6 Å². The third-order valence-corrected chi connectivity index (χ3v) is 5.97. The summed E-state index contributed by atoms with van der Waals surface area (Å²) >= 11 is 5.62. The number of aromatic nitrogens is 4. The largest absolute Gasteiger partial charge is 0.417 e. The summed E-state index contributed by atoms with van der Waals surface area (Å²) in [5, 5.41) is 11.3. The summed E-state index contributed by atoms with van der Waals surface area (Å²) in [6.45, 7) is 0. The molecule has 1 saturated carbocycles. The van der Waals surface area contributed by atoms with Crippen LogP contribution in [0.25, 0.3) is 11.4 Å². The van der Waals surface area contributed by atoms with E-state index in [0.717, 1.165) is 25.0 Å². The molecule has 12 heteroatoms. The molecule has 1 N–H and O–H groups in total. The highest BCUT2D eigenvalue weighted by molar-refractivity contribution is 7.92. The van der Waals surface area contributed by atoms with Gasteiger partial charge in [0.2, 0.25) is 0 Å². The van der Waals surface area contributed by atoms with Crippen LogP contribution in [0.4, 0.5) is 18.9 Å². The summed E-state index contributed by atoms with van der Waals surface area (Å²) in [4.78, 5) is -0.914. The van der Waals surface area contributed by atoms with Crippen LogP contribution in [0.2, 0.25) is 5.02 Å². The Labute approximate surface area is 168 Å². The fourth-order valence-electron chi connectivity index (χ4n) is 2.84. The van der Waals surface area contributed by atoms with E-state index in [0.29, 0.717) is 17.5 Å². The molecule has 3 aromatic rings. The molecule has 4 rings (SSSR count). The van der Waals surface area contributed by atoms with E-state index < -0.39 is 26.7 Å². The minimum absolute atomic E-state index is 0.0796. The number of nitrogens with zero attached hydrogens (tertiary/aromatic N) is 4. The predicted octanol–water partition coefficient (Wildman–Crippen LogP) is 4.15. The molecule has 0 unspecified atom stereocenters. The Balaban J connectivity index is 1.69. The summed E-state index contributed by atoms with van der Waals surface area (Å²) in [7, 11) is -4.53. The molecule has 0 atom stereocenters. The van der Waals surface area contributed by atoms with E-state index in [2.05, 4.69) is 20.2 Å². The van der Waals surface area contributed by atoms with Gasteiger partial charge in [-0.05, 0) is 53.6 Å². The maximum absolute atomic E-state index is 13.3. The van der Waals surface area contributed by atoms with Gasteiger partial charge in [-0.3, -0.25) is 4.72 Å². The fraction of sp³-hybridized carbons (Fsp3) is 0.235. The highest BCUT2D eigenvalue weighted by Crippen LogP contribution is 2.38. The third kappa shape index (κ3) is 4.06. The van der Waals surface area contributed by atoms with Crippen LogP contribution < -0.4 is 4.72 Å². The van der Waals surface area contributed by atoms with E-state index in [1.807, 2.05) is 0 Å². The number of hydrogen-bond donors (Lipinski definition) is 1. The Morgan fingerprint density at radius 1 is 1.14 bits per heavy atom. The van der Waals surface area contributed by atoms with Crippen LogP contribution in [0, 0.1) is 0 Å². The molecule has 0 aliphatic heterocycles. The third-order valence-electron chi connectivity index (χ3n) is 4.30. The average molecular weight is 444 g/mol. The zero-order valence-electron chi connectivity index (χ0n) is 14.6. The molecule has 0 radical (unpaired) electrons. The molecule has 1 fully saturated rings. The lowest BCUT2D eigenvalue weighted by molar-refractivity contribution is -0.139. The first-order chi connectivity index (χ1) is 13.6. The van der Waals surface area contributed by atoms with Crippen LogP contribution in [0.5, 0.6) is 0 Å². The quantitative estimate of drug-likeness (QED) is 0.639. The predicted molar refractivity (Wildman–Crippen MR) is 98.8 cm³/mol. The van der Waals surface area contributed by atoms with Gasteiger partial charge in [-0.1, -0.05) is 23.7 Å². The molecular formula is C17H13ClF3N5O2S. The lowest BCUT2D eigenvalue weighted by Gasteiger charge is -2.15. The second-order valence-electron chi connectivity index (χ2n) is 6.50. The number of benzene rings is 2. The van der Waals surface area contributed by atoms with E-state index in [1.54, 1.807) is 16.8 Å². The molecule has 0 saturated heterocycles. The molecule has 0 amide bonds. The first kappa shape index (κ1) is 19.6. The van der Waals surface area contributed by atoms with Crippen LogP contribution >= 0.6 is 11.6 Å². The van der Waals surface area contributed by atoms with E-state index in [4.69, 9.17) is 11.6 Å². The smallest absolute Gasteiger partial charge is 0.280 e. The Bertz CT molecular complexity index is 1180. The van der Waals surface area contributed by atoms with Crippen LogP contribution in [0.3, 0.4) is 0 Å². The highest BCUT2D eigenvalue weighted by Gasteiger charge is 2.37. The molecule has 29 heavy (non-hydrogen) atoms. The van der Waals surface area contributed by atoms with Crippen molar-refractivity contribution in [3.63, 3.8) is 0 Å². The van der Waals surface area contributed by atoms with Crippen molar-refractivity contribution in [3.05, 3.63) is 53.1 Å². The molecular weight excluding hydrogens is 431 g/mol. The number of sulfonamides is 1. The van der Waals surface area contributed by atoms with Gasteiger partial charge in [-0.15, -0.1) is 5.10 Å². The van der Waals surface area contributed by atoms with Crippen molar-refractivity contribution < 1.29 is 21.6 Å². The molecule has 1 aliphatic rings. The first-order valence-electron chi connectivity index (χ1n) is 8.43. The number of halogens is 4. The van der Waals surface area contributed by atoms with Gasteiger partial charge in [0.25, 0.3) is 10.0 Å². The van der Waals surface area contributed by atoms with Crippen LogP contribution in [0.15, 0.2) is 47.4 Å². The Morgan fingerprint density at radius 3 is 2.59 bits per heavy atom. The Morgan fingerprint density at radius 2 is 1.90 bits per heavy atom. The number of hydrogen-bond acceptors (Lipinski definition) is 5. The number of alkyl halides is 3. The van der Waals surface area contributed by atoms with Crippen molar-refractivity contribution in [2.75, 3.05) is 4.72 Å². The average Bonchev–Trinajstić information content (AvgIpc) is 3.37. The number of nitrogens with one attached hydrogen (secondary N) is 1. The molecule has 152 valence electrons. The van der Waals surface area contributed by atoms with Gasteiger partial charge in [-0.25, -0.2) is 13.1 Å². The van der Waals surface area contributed by atoms with Gasteiger partial charge in [0, 0.05) is 16.3 Å². The van der Waals surface area contributed by atoms with Gasteiger partial charge in [0.1, 0.15) is 0 Å². The Kier molecular flexibility index (Phi) is 4.74. The van der Waals surface area contributed by atoms with Gasteiger partial charge < -0.3 is 0 Å². The zero-order valence-corrected chi connectivity index (χ0v) is 16.1. The minimum atomic E-state index is -4.89. The normalized spacial score (nSPS) is 14.8. The molecule has 0 bridgehead atoms. The van der Waals surface area contributed by atoms with E-state index in [-0.39, 0.29) is 16.8 Å². The van der Waals surface area contributed by atoms with Crippen molar-refractivity contribution >= 4 is 27.3 Å². The van der Waals surface area contributed by atoms with E-state index >= 15 is 0 Å². The topological polar surface area (TPSA) is 89.8 Å². The summed E-state index contributed by atoms with van der Waals surface area (Å²) in [6, 6.07) is 8.83. The van der Waals surface area contributed by atoms with E-state index in [1.165, 1.54) is 12.1 Å². The second kappa shape index (κ2) is 6.99. The lowest BCUT2D eigenvalue weighted by atomic mass is 10.2. The minimum Gasteiger partial charge on any atom is -0.280 e. The number of tetrazole rings is 1. The highest BCUT2D eigenvalue weighted by atomic mass is 35.5. The van der Waals surface area contributed by atoms with Crippen molar-refractivity contribution in [1.29, 1.82) is 0 Å². The standard InChI is InChI=1S/C17H13ClF3N5O2S/c18-11-4-7-15(14(9-11)17(19,20)21)29(27,28)23-12-3-1-2-10(8-12)16-22-24-25-26(16)13-5-6-13/h1-4,7-9,13,23H,5-6H2. The van der Waals surface area contributed by atoms with Gasteiger partial charge in [-0.2, -0.15) is 13.2 Å². The van der Waals surface area contributed by atoms with Crippen molar-refractivity contribution in [2.24, 2.45) is 0 Å². The number of rotatable bonds is 5. The summed E-state index contributed by atoms with van der Waals surface area (Å²) in [6.07, 6.45) is -2.99. The van der Waals surface area contributed by atoms with Gasteiger partial charge >= 0.3 is 6.18 Å². The zero-order chi connectivity index (χ0) is 20.8. The summed E-state index contributed by atoms with van der Waals surface area (Å²) in [5.74, 6) is 0.455. The van der Waals surface area contributed by atoms with Crippen molar-refractivity contribution in [1.82, 2.24) is 20.2 Å². The molecule has 1 heterocycles. The van der Waals surface area contributed by atoms with Crippen LogP contribution in [-0.4, -0.2) is 28.6 Å². The van der Waals surface area contributed by atoms with Gasteiger partial charge in [0.05, 0.1) is 16.5 Å². The SMILES string of the molecule is O=S(=O)(Nc1cccc(-c2nnnn2C2CC2)c1)c1ccc(Cl)cc1C(F)(F)F. The monoisotopic (exact) mass is 443 g/mol. The molecule has 0 spiro atoms. The van der Waals surface area contributed by atoms with Gasteiger partial charge in [0.15, 0.2) is 5.82 Å². The van der Waals surface area contributed by atoms with Crippen molar-refractivity contribution in [2.45, 2.75) is 30.0 Å². The van der Waals surface area contributed by atoms with Crippen LogP contribution in [0.1, 0.15) is 24.4 Å². The van der Waals surface area contributed by atoms with Crippen LogP contribution in [-0.2, 0) is 16.2 Å². The molecule has 7 nitrogen and oxygen atoms in total. The molecule has 1 aliphatic carbocycles. The van der Waals surface area contributed by atoms with Crippen molar-refractivity contribution in [3.8, 4) is 11.4 Å². The second-order valence-corrected chi connectivity index (χ2v) is 8.59.